The summed E-state index contributed by atoms with van der Waals surface area (Å²) in [5, 5.41) is 13.3. The maximum atomic E-state index is 12.2. The van der Waals surface area contributed by atoms with Crippen LogP contribution in [0.5, 0.6) is 5.75 Å². The molecular formula is C19H18ClN3O5. The predicted molar refractivity (Wildman–Crippen MR) is 106 cm³/mol. The molecule has 0 spiro atoms. The summed E-state index contributed by atoms with van der Waals surface area (Å²) in [6.07, 6.45) is 2.97. The minimum absolute atomic E-state index is 0.0365. The van der Waals surface area contributed by atoms with Gasteiger partial charge in [0.05, 0.1) is 29.3 Å². The molecule has 0 aliphatic rings. The third-order valence-electron chi connectivity index (χ3n) is 3.71. The third kappa shape index (κ3) is 5.82. The van der Waals surface area contributed by atoms with Crippen molar-refractivity contribution in [3.05, 3.63) is 69.2 Å². The van der Waals surface area contributed by atoms with E-state index >= 15 is 0 Å². The van der Waals surface area contributed by atoms with E-state index in [0.717, 1.165) is 11.6 Å². The largest absolute Gasteiger partial charge is 0.497 e. The van der Waals surface area contributed by atoms with Crippen LogP contribution in [0.1, 0.15) is 5.56 Å². The van der Waals surface area contributed by atoms with Gasteiger partial charge in [-0.15, -0.1) is 0 Å². The molecule has 0 unspecified atom stereocenters. The summed E-state index contributed by atoms with van der Waals surface area (Å²) in [4.78, 5) is 35.6. The van der Waals surface area contributed by atoms with E-state index in [1.54, 1.807) is 31.4 Å². The molecule has 0 radical (unpaired) electrons. The summed E-state index contributed by atoms with van der Waals surface area (Å²) in [5.74, 6) is -0.184. The van der Waals surface area contributed by atoms with Gasteiger partial charge in [-0.1, -0.05) is 23.7 Å². The average molecular weight is 404 g/mol. The monoisotopic (exact) mass is 403 g/mol. The van der Waals surface area contributed by atoms with Gasteiger partial charge in [0, 0.05) is 25.3 Å². The molecule has 0 saturated carbocycles. The number of anilines is 1. The highest BCUT2D eigenvalue weighted by Gasteiger charge is 2.14. The Kier molecular flexibility index (Phi) is 7.11. The number of nitro benzene ring substituents is 1. The van der Waals surface area contributed by atoms with Crippen molar-refractivity contribution in [3.8, 4) is 5.75 Å². The molecule has 0 aliphatic heterocycles. The van der Waals surface area contributed by atoms with Crippen LogP contribution >= 0.6 is 11.6 Å². The highest BCUT2D eigenvalue weighted by atomic mass is 35.5. The number of hydrogen-bond donors (Lipinski definition) is 1. The average Bonchev–Trinajstić information content (AvgIpc) is 2.67. The fraction of sp³-hybridized carbons (Fsp3) is 0.158. The zero-order valence-corrected chi connectivity index (χ0v) is 16.0. The zero-order valence-electron chi connectivity index (χ0n) is 15.2. The lowest BCUT2D eigenvalue weighted by atomic mass is 10.2. The SMILES string of the molecule is COc1cccc(/C=C/C(=O)N(C)CC(=O)Nc2ccc([N+](=O)[O-])cc2Cl)c1. The van der Waals surface area contributed by atoms with Gasteiger partial charge in [0.2, 0.25) is 11.8 Å². The van der Waals surface area contributed by atoms with Crippen molar-refractivity contribution in [2.24, 2.45) is 0 Å². The van der Waals surface area contributed by atoms with Crippen LogP contribution in [0.2, 0.25) is 5.02 Å². The van der Waals surface area contributed by atoms with Crippen LogP contribution in [0.4, 0.5) is 11.4 Å². The molecule has 0 saturated heterocycles. The number of non-ortho nitro benzene ring substituents is 1. The number of benzene rings is 2. The van der Waals surface area contributed by atoms with Crippen LogP contribution < -0.4 is 10.1 Å². The molecule has 0 fully saturated rings. The second kappa shape index (κ2) is 9.52. The first-order valence-corrected chi connectivity index (χ1v) is 8.49. The van der Waals surface area contributed by atoms with Crippen molar-refractivity contribution in [3.63, 3.8) is 0 Å². The summed E-state index contributed by atoms with van der Waals surface area (Å²) in [6, 6.07) is 10.9. The first kappa shape index (κ1) is 20.9. The number of hydrogen-bond acceptors (Lipinski definition) is 5. The fourth-order valence-electron chi connectivity index (χ4n) is 2.24. The number of nitro groups is 1. The number of ether oxygens (including phenoxy) is 1. The highest BCUT2D eigenvalue weighted by molar-refractivity contribution is 6.34. The Balaban J connectivity index is 1.95. The molecule has 1 N–H and O–H groups in total. The first-order chi connectivity index (χ1) is 13.3. The smallest absolute Gasteiger partial charge is 0.271 e. The summed E-state index contributed by atoms with van der Waals surface area (Å²) >= 11 is 5.94. The predicted octanol–water partition coefficient (Wildman–Crippen LogP) is 3.37. The summed E-state index contributed by atoms with van der Waals surface area (Å²) in [6.45, 7) is -0.214. The van der Waals surface area contributed by atoms with Gasteiger partial charge in [-0.2, -0.15) is 0 Å². The van der Waals surface area contributed by atoms with E-state index in [1.807, 2.05) is 6.07 Å². The van der Waals surface area contributed by atoms with E-state index in [2.05, 4.69) is 5.32 Å². The lowest BCUT2D eigenvalue weighted by Gasteiger charge is -2.15. The van der Waals surface area contributed by atoms with Gasteiger partial charge >= 0.3 is 0 Å². The Labute approximate surface area is 166 Å². The van der Waals surface area contributed by atoms with Crippen molar-refractivity contribution in [2.75, 3.05) is 26.0 Å². The van der Waals surface area contributed by atoms with Crippen LogP contribution in [0.15, 0.2) is 48.5 Å². The number of carbonyl (C=O) groups excluding carboxylic acids is 2. The van der Waals surface area contributed by atoms with Gasteiger partial charge in [0.25, 0.3) is 5.69 Å². The first-order valence-electron chi connectivity index (χ1n) is 8.11. The Morgan fingerprint density at radius 1 is 1.29 bits per heavy atom. The van der Waals surface area contributed by atoms with Crippen molar-refractivity contribution < 1.29 is 19.2 Å². The molecule has 9 heteroatoms. The van der Waals surface area contributed by atoms with E-state index in [4.69, 9.17) is 16.3 Å². The van der Waals surface area contributed by atoms with E-state index in [-0.39, 0.29) is 28.8 Å². The quantitative estimate of drug-likeness (QED) is 0.434. The Morgan fingerprint density at radius 2 is 2.04 bits per heavy atom. The van der Waals surface area contributed by atoms with Crippen LogP contribution in [0, 0.1) is 10.1 Å². The topological polar surface area (TPSA) is 102 Å². The molecule has 0 atom stereocenters. The van der Waals surface area contributed by atoms with Gasteiger partial charge in [-0.25, -0.2) is 0 Å². The summed E-state index contributed by atoms with van der Waals surface area (Å²) < 4.78 is 5.12. The van der Waals surface area contributed by atoms with Gasteiger partial charge in [-0.3, -0.25) is 19.7 Å². The molecule has 0 aromatic heterocycles. The number of nitrogens with one attached hydrogen (secondary N) is 1. The molecule has 0 bridgehead atoms. The standard InChI is InChI=1S/C19H18ClN3O5/c1-22(19(25)9-6-13-4-3-5-15(10-13)28-2)12-18(24)21-17-8-7-14(23(26)27)11-16(17)20/h3-11H,12H2,1-2H3,(H,21,24)/b9-6+. The molecule has 2 aromatic rings. The maximum absolute atomic E-state index is 12.2. The molecule has 28 heavy (non-hydrogen) atoms. The van der Waals surface area contributed by atoms with Gasteiger partial charge in [-0.05, 0) is 29.8 Å². The summed E-state index contributed by atoms with van der Waals surface area (Å²) in [7, 11) is 3.03. The lowest BCUT2D eigenvalue weighted by molar-refractivity contribution is -0.384. The number of nitrogens with zero attached hydrogens (tertiary/aromatic N) is 2. The fourth-order valence-corrected chi connectivity index (χ4v) is 2.46. The lowest BCUT2D eigenvalue weighted by Crippen LogP contribution is -2.33. The number of carbonyl (C=O) groups is 2. The maximum Gasteiger partial charge on any atom is 0.271 e. The molecule has 2 aromatic carbocycles. The van der Waals surface area contributed by atoms with Crippen LogP contribution in [-0.2, 0) is 9.59 Å². The van der Waals surface area contributed by atoms with E-state index in [9.17, 15) is 19.7 Å². The third-order valence-corrected chi connectivity index (χ3v) is 4.02. The summed E-state index contributed by atoms with van der Waals surface area (Å²) in [5.41, 5.74) is 0.825. The molecule has 2 amide bonds. The highest BCUT2D eigenvalue weighted by Crippen LogP contribution is 2.26. The number of rotatable bonds is 7. The van der Waals surface area contributed by atoms with Gasteiger partial charge in [0.1, 0.15) is 5.75 Å². The van der Waals surface area contributed by atoms with E-state index in [0.29, 0.717) is 5.75 Å². The number of methoxy groups -OCH3 is 1. The normalized spacial score (nSPS) is 10.5. The molecule has 0 heterocycles. The molecule has 2 rings (SSSR count). The number of likely N-dealkylation sites (N-methyl/N-ethyl adjacent to an activating group) is 1. The minimum atomic E-state index is -0.585. The van der Waals surface area contributed by atoms with E-state index in [1.165, 1.54) is 30.2 Å². The van der Waals surface area contributed by atoms with Crippen LogP contribution in [0.25, 0.3) is 6.08 Å². The van der Waals surface area contributed by atoms with Gasteiger partial charge in [0.15, 0.2) is 0 Å². The van der Waals surface area contributed by atoms with Crippen molar-refractivity contribution >= 4 is 40.9 Å². The van der Waals surface area contributed by atoms with Crippen LogP contribution in [-0.4, -0.2) is 42.3 Å². The number of amides is 2. The molecule has 8 nitrogen and oxygen atoms in total. The van der Waals surface area contributed by atoms with Crippen molar-refractivity contribution in [1.29, 1.82) is 0 Å². The molecule has 146 valence electrons. The molecule has 0 aliphatic carbocycles. The minimum Gasteiger partial charge on any atom is -0.497 e. The Morgan fingerprint density at radius 3 is 2.68 bits per heavy atom. The Hall–Kier alpha value is -3.39. The Bertz CT molecular complexity index is 930. The van der Waals surface area contributed by atoms with Crippen molar-refractivity contribution in [2.45, 2.75) is 0 Å². The zero-order chi connectivity index (χ0) is 20.7. The van der Waals surface area contributed by atoms with E-state index < -0.39 is 10.8 Å². The second-order valence-electron chi connectivity index (χ2n) is 5.77. The number of halogens is 1. The van der Waals surface area contributed by atoms with Crippen molar-refractivity contribution in [1.82, 2.24) is 4.90 Å². The second-order valence-corrected chi connectivity index (χ2v) is 6.18. The molecular weight excluding hydrogens is 386 g/mol. The van der Waals surface area contributed by atoms with Crippen LogP contribution in [0.3, 0.4) is 0 Å². The van der Waals surface area contributed by atoms with Gasteiger partial charge < -0.3 is 15.0 Å².